The molecule has 1 aliphatic heterocycles. The second-order valence-corrected chi connectivity index (χ2v) is 6.98. The molecule has 0 radical (unpaired) electrons. The third-order valence-corrected chi connectivity index (χ3v) is 4.17. The molecule has 0 saturated carbocycles. The van der Waals surface area contributed by atoms with Gasteiger partial charge in [0.05, 0.1) is 19.8 Å². The van der Waals surface area contributed by atoms with E-state index in [1.165, 1.54) is 6.08 Å². The van der Waals surface area contributed by atoms with Gasteiger partial charge in [-0.3, -0.25) is 0 Å². The summed E-state index contributed by atoms with van der Waals surface area (Å²) in [5.74, 6) is -0.950. The molecule has 0 N–H and O–H groups in total. The molecule has 0 aromatic heterocycles. The standard InChI is InChI=1S/C20H24O4/c1-4-22-18(21)11-7-9-15-8-5-6-10-16(15)17-12-20(17)23-13-19(2,3)14-24-20/h5-8,10-12H,4,9,13-14H2,1-3H3/b11-7+. The third kappa shape index (κ3) is 3.60. The van der Waals surface area contributed by atoms with Gasteiger partial charge in [0.1, 0.15) is 0 Å². The maximum atomic E-state index is 11.4. The lowest BCUT2D eigenvalue weighted by molar-refractivity contribution is -0.222. The SMILES string of the molecule is CCOC(=O)/C=C/Cc1ccccc1C1=CC12OCC(C)(C)CO2. The number of carbonyl (C=O) groups excluding carboxylic acids is 1. The molecule has 4 heteroatoms. The van der Waals surface area contributed by atoms with Gasteiger partial charge in [0.15, 0.2) is 0 Å². The van der Waals surface area contributed by atoms with Crippen molar-refractivity contribution in [2.75, 3.05) is 19.8 Å². The zero-order valence-electron chi connectivity index (χ0n) is 14.5. The fourth-order valence-electron chi connectivity index (χ4n) is 2.78. The molecule has 2 aliphatic rings. The molecule has 1 spiro atoms. The Labute approximate surface area is 143 Å². The fraction of sp³-hybridized carbons (Fsp3) is 0.450. The zero-order valence-corrected chi connectivity index (χ0v) is 14.5. The smallest absolute Gasteiger partial charge is 0.330 e. The lowest BCUT2D eigenvalue weighted by Crippen LogP contribution is -2.40. The van der Waals surface area contributed by atoms with Crippen LogP contribution in [0.3, 0.4) is 0 Å². The molecule has 0 amide bonds. The maximum Gasteiger partial charge on any atom is 0.330 e. The molecule has 0 bridgehead atoms. The molecule has 0 atom stereocenters. The molecular weight excluding hydrogens is 304 g/mol. The topological polar surface area (TPSA) is 44.8 Å². The quantitative estimate of drug-likeness (QED) is 0.613. The highest BCUT2D eigenvalue weighted by Crippen LogP contribution is 2.51. The summed E-state index contributed by atoms with van der Waals surface area (Å²) < 4.78 is 16.9. The first-order chi connectivity index (χ1) is 11.5. The van der Waals surface area contributed by atoms with E-state index in [2.05, 4.69) is 26.0 Å². The highest BCUT2D eigenvalue weighted by Gasteiger charge is 2.52. The highest BCUT2D eigenvalue weighted by molar-refractivity contribution is 5.88. The summed E-state index contributed by atoms with van der Waals surface area (Å²) in [6.07, 6.45) is 6.01. The molecule has 4 nitrogen and oxygen atoms in total. The van der Waals surface area contributed by atoms with Crippen LogP contribution in [0, 0.1) is 5.41 Å². The molecule has 24 heavy (non-hydrogen) atoms. The lowest BCUT2D eigenvalue weighted by atomic mass is 9.95. The van der Waals surface area contributed by atoms with Crippen molar-refractivity contribution in [3.05, 3.63) is 53.6 Å². The molecule has 1 aromatic carbocycles. The second kappa shape index (κ2) is 6.54. The number of benzene rings is 1. The van der Waals surface area contributed by atoms with Gasteiger partial charge in [-0.05, 0) is 30.5 Å². The van der Waals surface area contributed by atoms with E-state index in [1.54, 1.807) is 6.92 Å². The average molecular weight is 328 g/mol. The molecule has 128 valence electrons. The van der Waals surface area contributed by atoms with E-state index in [4.69, 9.17) is 14.2 Å². The van der Waals surface area contributed by atoms with Crippen LogP contribution in [-0.4, -0.2) is 31.6 Å². The number of esters is 1. The van der Waals surface area contributed by atoms with E-state index in [0.29, 0.717) is 26.2 Å². The van der Waals surface area contributed by atoms with Gasteiger partial charge in [-0.1, -0.05) is 44.2 Å². The molecule has 0 unspecified atom stereocenters. The first-order valence-corrected chi connectivity index (χ1v) is 8.39. The monoisotopic (exact) mass is 328 g/mol. The summed E-state index contributed by atoms with van der Waals surface area (Å²) >= 11 is 0. The van der Waals surface area contributed by atoms with Crippen LogP contribution in [0.2, 0.25) is 0 Å². The summed E-state index contributed by atoms with van der Waals surface area (Å²) in [6.45, 7) is 7.81. The van der Waals surface area contributed by atoms with Crippen LogP contribution in [0.25, 0.3) is 5.57 Å². The third-order valence-electron chi connectivity index (χ3n) is 4.17. The minimum Gasteiger partial charge on any atom is -0.463 e. The van der Waals surface area contributed by atoms with Crippen molar-refractivity contribution in [1.29, 1.82) is 0 Å². The fourth-order valence-corrected chi connectivity index (χ4v) is 2.78. The Morgan fingerprint density at radius 1 is 1.25 bits per heavy atom. The molecule has 1 aliphatic carbocycles. The van der Waals surface area contributed by atoms with Crippen molar-refractivity contribution in [3.63, 3.8) is 0 Å². The number of hydrogen-bond acceptors (Lipinski definition) is 4. The summed E-state index contributed by atoms with van der Waals surface area (Å²) in [5.41, 5.74) is 3.39. The van der Waals surface area contributed by atoms with Gasteiger partial charge >= 0.3 is 5.97 Å². The van der Waals surface area contributed by atoms with Crippen molar-refractivity contribution in [1.82, 2.24) is 0 Å². The lowest BCUT2D eigenvalue weighted by Gasteiger charge is -2.36. The normalized spacial score (nSPS) is 20.9. The van der Waals surface area contributed by atoms with Gasteiger partial charge in [0.25, 0.3) is 0 Å². The summed E-state index contributed by atoms with van der Waals surface area (Å²) in [6, 6.07) is 8.14. The first-order valence-electron chi connectivity index (χ1n) is 8.39. The van der Waals surface area contributed by atoms with E-state index in [0.717, 1.165) is 16.7 Å². The Morgan fingerprint density at radius 3 is 2.67 bits per heavy atom. The van der Waals surface area contributed by atoms with E-state index in [1.807, 2.05) is 24.3 Å². The average Bonchev–Trinajstić information content (AvgIpc) is 3.26. The molecule has 3 rings (SSSR count). The van der Waals surface area contributed by atoms with E-state index in [-0.39, 0.29) is 11.4 Å². The van der Waals surface area contributed by atoms with Crippen LogP contribution < -0.4 is 0 Å². The van der Waals surface area contributed by atoms with Crippen LogP contribution in [0.1, 0.15) is 31.9 Å². The summed E-state index contributed by atoms with van der Waals surface area (Å²) in [5, 5.41) is 0. The number of hydrogen-bond donors (Lipinski definition) is 0. The molecule has 1 heterocycles. The van der Waals surface area contributed by atoms with E-state index < -0.39 is 5.79 Å². The van der Waals surface area contributed by atoms with E-state index >= 15 is 0 Å². The number of rotatable bonds is 5. The predicted octanol–water partition coefficient (Wildman–Crippen LogP) is 3.51. The molecular formula is C20H24O4. The largest absolute Gasteiger partial charge is 0.463 e. The van der Waals surface area contributed by atoms with Gasteiger partial charge in [0, 0.05) is 17.1 Å². The predicted molar refractivity (Wildman–Crippen MR) is 92.3 cm³/mol. The number of allylic oxidation sites excluding steroid dienone is 1. The molecule has 1 saturated heterocycles. The van der Waals surface area contributed by atoms with Crippen LogP contribution >= 0.6 is 0 Å². The van der Waals surface area contributed by atoms with Crippen molar-refractivity contribution in [2.24, 2.45) is 5.41 Å². The zero-order chi connectivity index (χ0) is 17.2. The van der Waals surface area contributed by atoms with Crippen LogP contribution in [0.5, 0.6) is 0 Å². The minimum atomic E-state index is -0.642. The Bertz CT molecular complexity index is 675. The molecule has 1 fully saturated rings. The minimum absolute atomic E-state index is 0.0503. The Kier molecular flexibility index (Phi) is 4.61. The second-order valence-electron chi connectivity index (χ2n) is 6.98. The van der Waals surface area contributed by atoms with Crippen molar-refractivity contribution >= 4 is 11.5 Å². The first kappa shape index (κ1) is 16.9. The number of carbonyl (C=O) groups is 1. The maximum absolute atomic E-state index is 11.4. The Balaban J connectivity index is 1.68. The number of ether oxygens (including phenoxy) is 3. The Morgan fingerprint density at radius 2 is 1.96 bits per heavy atom. The van der Waals surface area contributed by atoms with Gasteiger partial charge in [-0.25, -0.2) is 4.79 Å². The van der Waals surface area contributed by atoms with E-state index in [9.17, 15) is 4.79 Å². The van der Waals surface area contributed by atoms with Crippen LogP contribution in [0.15, 0.2) is 42.5 Å². The Hall–Kier alpha value is -1.91. The van der Waals surface area contributed by atoms with Crippen molar-refractivity contribution in [2.45, 2.75) is 33.0 Å². The molecule has 1 aromatic rings. The highest BCUT2D eigenvalue weighted by atomic mass is 16.7. The van der Waals surface area contributed by atoms with Gasteiger partial charge in [-0.15, -0.1) is 0 Å². The summed E-state index contributed by atoms with van der Waals surface area (Å²) in [4.78, 5) is 11.4. The van der Waals surface area contributed by atoms with Gasteiger partial charge in [-0.2, -0.15) is 0 Å². The van der Waals surface area contributed by atoms with Gasteiger partial charge in [0.2, 0.25) is 5.79 Å². The van der Waals surface area contributed by atoms with Crippen molar-refractivity contribution < 1.29 is 19.0 Å². The van der Waals surface area contributed by atoms with Crippen LogP contribution in [-0.2, 0) is 25.4 Å². The van der Waals surface area contributed by atoms with Crippen molar-refractivity contribution in [3.8, 4) is 0 Å². The van der Waals surface area contributed by atoms with Crippen LogP contribution in [0.4, 0.5) is 0 Å². The summed E-state index contributed by atoms with van der Waals surface area (Å²) in [7, 11) is 0. The van der Waals surface area contributed by atoms with Gasteiger partial charge < -0.3 is 14.2 Å².